The number of hydrogen-bond acceptors (Lipinski definition) is 3. The average Bonchev–Trinajstić information content (AvgIpc) is 2.72. The van der Waals surface area contributed by atoms with Gasteiger partial charge in [0.1, 0.15) is 6.61 Å². The first-order valence-electron chi connectivity index (χ1n) is 8.71. The minimum absolute atomic E-state index is 0.0771. The molecule has 2 atom stereocenters. The predicted octanol–water partition coefficient (Wildman–Crippen LogP) is 4.11. The van der Waals surface area contributed by atoms with Crippen molar-refractivity contribution in [1.29, 1.82) is 0 Å². The number of amides is 1. The second-order valence-electron chi connectivity index (χ2n) is 6.16. The number of para-hydroxylation sites is 1. The van der Waals surface area contributed by atoms with Crippen LogP contribution in [0, 0.1) is 5.82 Å². The fraction of sp³-hybridized carbons (Fsp3) is 0.136. The van der Waals surface area contributed by atoms with E-state index in [0.717, 1.165) is 5.56 Å². The molecular formula is C22H20FNO3S. The summed E-state index contributed by atoms with van der Waals surface area (Å²) in [5.74, 6) is -0.615. The third-order valence-corrected chi connectivity index (χ3v) is 5.13. The molecule has 0 aromatic heterocycles. The smallest absolute Gasteiger partial charge is 0.251 e. The highest BCUT2D eigenvalue weighted by Crippen LogP contribution is 2.20. The normalized spacial score (nSPS) is 12.8. The van der Waals surface area contributed by atoms with E-state index in [0.29, 0.717) is 10.5 Å². The van der Waals surface area contributed by atoms with E-state index in [1.807, 2.05) is 30.3 Å². The fourth-order valence-electron chi connectivity index (χ4n) is 2.68. The molecule has 0 heterocycles. The first kappa shape index (κ1) is 19.8. The van der Waals surface area contributed by atoms with Gasteiger partial charge >= 0.3 is 0 Å². The summed E-state index contributed by atoms with van der Waals surface area (Å²) >= 11 is 0. The second-order valence-corrected chi connectivity index (χ2v) is 7.54. The van der Waals surface area contributed by atoms with Crippen LogP contribution in [0.2, 0.25) is 0 Å². The third-order valence-electron chi connectivity index (χ3n) is 4.20. The van der Waals surface area contributed by atoms with Gasteiger partial charge in [-0.2, -0.15) is 0 Å². The van der Waals surface area contributed by atoms with Crippen molar-refractivity contribution in [2.45, 2.75) is 10.9 Å². The molecule has 28 heavy (non-hydrogen) atoms. The van der Waals surface area contributed by atoms with E-state index in [1.54, 1.807) is 48.7 Å². The molecule has 3 rings (SSSR count). The maximum absolute atomic E-state index is 13.8. The van der Waals surface area contributed by atoms with Crippen molar-refractivity contribution in [3.63, 3.8) is 0 Å². The zero-order chi connectivity index (χ0) is 19.9. The number of hydrogen-bond donors (Lipinski definition) is 1. The first-order chi connectivity index (χ1) is 13.5. The summed E-state index contributed by atoms with van der Waals surface area (Å²) in [5, 5.41) is 2.93. The molecule has 0 aliphatic rings. The highest BCUT2D eigenvalue weighted by molar-refractivity contribution is 7.84. The van der Waals surface area contributed by atoms with Gasteiger partial charge in [-0.05, 0) is 42.0 Å². The molecule has 0 radical (unpaired) electrons. The van der Waals surface area contributed by atoms with Crippen molar-refractivity contribution in [3.05, 3.63) is 95.8 Å². The molecule has 0 aliphatic carbocycles. The summed E-state index contributed by atoms with van der Waals surface area (Å²) in [6, 6.07) is 21.6. The molecule has 4 nitrogen and oxygen atoms in total. The maximum Gasteiger partial charge on any atom is 0.251 e. The average molecular weight is 397 g/mol. The van der Waals surface area contributed by atoms with Crippen LogP contribution in [-0.4, -0.2) is 23.0 Å². The number of halogens is 1. The maximum atomic E-state index is 13.8. The molecule has 0 bridgehead atoms. The minimum atomic E-state index is -1.10. The molecule has 6 heteroatoms. The van der Waals surface area contributed by atoms with Crippen LogP contribution in [0.3, 0.4) is 0 Å². The van der Waals surface area contributed by atoms with E-state index < -0.39 is 22.7 Å². The van der Waals surface area contributed by atoms with Crippen LogP contribution >= 0.6 is 0 Å². The lowest BCUT2D eigenvalue weighted by molar-refractivity contribution is 0.0920. The number of nitrogens with one attached hydrogen (secondary N) is 1. The lowest BCUT2D eigenvalue weighted by Crippen LogP contribution is -2.32. The van der Waals surface area contributed by atoms with E-state index in [2.05, 4.69) is 5.32 Å². The van der Waals surface area contributed by atoms with Crippen LogP contribution in [0.5, 0.6) is 5.75 Å². The summed E-state index contributed by atoms with van der Waals surface area (Å²) in [6.07, 6.45) is 1.58. The molecular weight excluding hydrogens is 377 g/mol. The Morgan fingerprint density at radius 1 is 1.00 bits per heavy atom. The van der Waals surface area contributed by atoms with E-state index in [-0.39, 0.29) is 18.3 Å². The highest BCUT2D eigenvalue weighted by atomic mass is 32.2. The van der Waals surface area contributed by atoms with Crippen LogP contribution in [0.15, 0.2) is 83.8 Å². The Balaban J connectivity index is 1.76. The quantitative estimate of drug-likeness (QED) is 0.653. The van der Waals surface area contributed by atoms with Gasteiger partial charge in [-0.25, -0.2) is 4.39 Å². The Hall–Kier alpha value is -2.99. The van der Waals surface area contributed by atoms with Gasteiger partial charge in [0, 0.05) is 27.5 Å². The topological polar surface area (TPSA) is 55.4 Å². The lowest BCUT2D eigenvalue weighted by Gasteiger charge is -2.20. The minimum Gasteiger partial charge on any atom is -0.488 e. The van der Waals surface area contributed by atoms with Gasteiger partial charge in [-0.15, -0.1) is 0 Å². The largest absolute Gasteiger partial charge is 0.488 e. The highest BCUT2D eigenvalue weighted by Gasteiger charge is 2.17. The van der Waals surface area contributed by atoms with Gasteiger partial charge in [0.05, 0.1) is 6.04 Å². The SMILES string of the molecule is CS(=O)c1ccc(C(=O)NC(COc2ccccc2F)c2ccccc2)cc1. The van der Waals surface area contributed by atoms with E-state index >= 15 is 0 Å². The summed E-state index contributed by atoms with van der Waals surface area (Å²) in [6.45, 7) is 0.0771. The zero-order valence-corrected chi connectivity index (χ0v) is 16.1. The molecule has 3 aromatic carbocycles. The number of ether oxygens (including phenoxy) is 1. The Kier molecular flexibility index (Phi) is 6.55. The summed E-state index contributed by atoms with van der Waals surface area (Å²) in [5.41, 5.74) is 1.29. The monoisotopic (exact) mass is 397 g/mol. The molecule has 0 saturated carbocycles. The van der Waals surface area contributed by atoms with Crippen molar-refractivity contribution in [1.82, 2.24) is 5.32 Å². The lowest BCUT2D eigenvalue weighted by atomic mass is 10.1. The Bertz CT molecular complexity index is 961. The number of rotatable bonds is 7. The van der Waals surface area contributed by atoms with E-state index in [9.17, 15) is 13.4 Å². The Morgan fingerprint density at radius 2 is 1.64 bits per heavy atom. The van der Waals surface area contributed by atoms with Gasteiger partial charge in [-0.1, -0.05) is 42.5 Å². The predicted molar refractivity (Wildman–Crippen MR) is 107 cm³/mol. The molecule has 0 spiro atoms. The van der Waals surface area contributed by atoms with E-state index in [4.69, 9.17) is 4.74 Å². The number of benzene rings is 3. The van der Waals surface area contributed by atoms with E-state index in [1.165, 1.54) is 6.07 Å². The van der Waals surface area contributed by atoms with Crippen LogP contribution in [-0.2, 0) is 10.8 Å². The molecule has 0 fully saturated rings. The third kappa shape index (κ3) is 5.04. The van der Waals surface area contributed by atoms with Crippen LogP contribution < -0.4 is 10.1 Å². The van der Waals surface area contributed by atoms with Crippen molar-refractivity contribution in [2.75, 3.05) is 12.9 Å². The van der Waals surface area contributed by atoms with Crippen LogP contribution in [0.4, 0.5) is 4.39 Å². The van der Waals surface area contributed by atoms with Gasteiger partial charge < -0.3 is 10.1 Å². The molecule has 0 aliphatic heterocycles. The molecule has 1 amide bonds. The molecule has 144 valence electrons. The van der Waals surface area contributed by atoms with Crippen molar-refractivity contribution < 1.29 is 18.1 Å². The van der Waals surface area contributed by atoms with Crippen molar-refractivity contribution in [3.8, 4) is 5.75 Å². The van der Waals surface area contributed by atoms with Gasteiger partial charge in [0.15, 0.2) is 11.6 Å². The number of carbonyl (C=O) groups excluding carboxylic acids is 1. The molecule has 0 saturated heterocycles. The summed E-state index contributed by atoms with van der Waals surface area (Å²) in [4.78, 5) is 13.3. The summed E-state index contributed by atoms with van der Waals surface area (Å²) in [7, 11) is -1.10. The molecule has 3 aromatic rings. The van der Waals surface area contributed by atoms with Gasteiger partial charge in [0.2, 0.25) is 0 Å². The van der Waals surface area contributed by atoms with Gasteiger partial charge in [-0.3, -0.25) is 9.00 Å². The van der Waals surface area contributed by atoms with Crippen LogP contribution in [0.1, 0.15) is 22.0 Å². The molecule has 1 N–H and O–H groups in total. The number of carbonyl (C=O) groups is 1. The summed E-state index contributed by atoms with van der Waals surface area (Å²) < 4.78 is 30.9. The first-order valence-corrected chi connectivity index (χ1v) is 10.3. The van der Waals surface area contributed by atoms with Crippen LogP contribution in [0.25, 0.3) is 0 Å². The van der Waals surface area contributed by atoms with Crippen molar-refractivity contribution >= 4 is 16.7 Å². The van der Waals surface area contributed by atoms with Gasteiger partial charge in [0.25, 0.3) is 5.91 Å². The second kappa shape index (κ2) is 9.28. The molecule has 2 unspecified atom stereocenters. The Labute approximate surface area is 165 Å². The fourth-order valence-corrected chi connectivity index (χ4v) is 3.20. The Morgan fingerprint density at radius 3 is 2.29 bits per heavy atom. The zero-order valence-electron chi connectivity index (χ0n) is 15.3. The standard InChI is InChI=1S/C22H20FNO3S/c1-28(26)18-13-11-17(12-14-18)22(25)24-20(16-7-3-2-4-8-16)15-27-21-10-6-5-9-19(21)23/h2-14,20H,15H2,1H3,(H,24,25). The van der Waals surface area contributed by atoms with Crippen molar-refractivity contribution in [2.24, 2.45) is 0 Å².